The molecule has 1 amide bonds. The van der Waals surface area contributed by atoms with Gasteiger partial charge in [-0.15, -0.1) is 11.3 Å². The van der Waals surface area contributed by atoms with Crippen molar-refractivity contribution in [1.29, 1.82) is 0 Å². The molecule has 0 bridgehead atoms. The minimum Gasteiger partial charge on any atom is -0.476 e. The van der Waals surface area contributed by atoms with Crippen LogP contribution in [0, 0.1) is 0 Å². The fourth-order valence-electron chi connectivity index (χ4n) is 1.94. The molecule has 0 aliphatic carbocycles. The summed E-state index contributed by atoms with van der Waals surface area (Å²) in [6.07, 6.45) is 1.82. The Morgan fingerprint density at radius 1 is 1.62 bits per heavy atom. The fourth-order valence-corrected chi connectivity index (χ4v) is 2.88. The van der Waals surface area contributed by atoms with Gasteiger partial charge in [-0.3, -0.25) is 4.79 Å². The number of nitrogens with zero attached hydrogens (tertiary/aromatic N) is 2. The number of likely N-dealkylation sites (tertiary alicyclic amines) is 1. The molecule has 0 spiro atoms. The van der Waals surface area contributed by atoms with Gasteiger partial charge in [0.25, 0.3) is 0 Å². The van der Waals surface area contributed by atoms with Gasteiger partial charge in [-0.2, -0.15) is 0 Å². The number of aromatic nitrogens is 1. The second-order valence-corrected chi connectivity index (χ2v) is 4.64. The Labute approximate surface area is 96.7 Å². The third-order valence-corrected chi connectivity index (χ3v) is 3.63. The molecule has 1 aliphatic heterocycles. The predicted octanol–water partition coefficient (Wildman–Crippen LogP) is 1.52. The number of thiazole rings is 1. The van der Waals surface area contributed by atoms with Crippen molar-refractivity contribution in [3.63, 3.8) is 0 Å². The van der Waals surface area contributed by atoms with Gasteiger partial charge in [0.1, 0.15) is 5.01 Å². The van der Waals surface area contributed by atoms with Crippen molar-refractivity contribution in [2.45, 2.75) is 25.8 Å². The van der Waals surface area contributed by atoms with E-state index >= 15 is 0 Å². The van der Waals surface area contributed by atoms with Crippen molar-refractivity contribution in [3.8, 4) is 0 Å². The Balaban J connectivity index is 2.22. The Morgan fingerprint density at radius 2 is 2.38 bits per heavy atom. The topological polar surface area (TPSA) is 70.5 Å². The average Bonchev–Trinajstić information content (AvgIpc) is 2.86. The quantitative estimate of drug-likeness (QED) is 0.851. The fraction of sp³-hybridized carbons (Fsp3) is 0.500. The van der Waals surface area contributed by atoms with E-state index in [1.807, 2.05) is 0 Å². The zero-order valence-corrected chi connectivity index (χ0v) is 9.66. The van der Waals surface area contributed by atoms with Crippen LogP contribution in [-0.2, 0) is 4.79 Å². The van der Waals surface area contributed by atoms with Crippen LogP contribution in [0.25, 0.3) is 0 Å². The molecule has 0 radical (unpaired) electrons. The van der Waals surface area contributed by atoms with Crippen LogP contribution in [0.4, 0.5) is 0 Å². The molecule has 0 saturated carbocycles. The summed E-state index contributed by atoms with van der Waals surface area (Å²) in [7, 11) is 0. The number of rotatable bonds is 2. The SMILES string of the molecule is CC(=O)N1CCCC1c1nc(C(=O)O)cs1. The van der Waals surface area contributed by atoms with Crippen molar-refractivity contribution >= 4 is 23.2 Å². The van der Waals surface area contributed by atoms with E-state index in [9.17, 15) is 9.59 Å². The highest BCUT2D eigenvalue weighted by atomic mass is 32.1. The number of aromatic carboxylic acids is 1. The maximum Gasteiger partial charge on any atom is 0.355 e. The van der Waals surface area contributed by atoms with Crippen LogP contribution in [-0.4, -0.2) is 33.4 Å². The Bertz CT molecular complexity index is 429. The third-order valence-electron chi connectivity index (χ3n) is 2.68. The molecule has 1 aromatic heterocycles. The van der Waals surface area contributed by atoms with Crippen molar-refractivity contribution in [2.24, 2.45) is 0 Å². The summed E-state index contributed by atoms with van der Waals surface area (Å²) in [5.74, 6) is -0.996. The standard InChI is InChI=1S/C10H12N2O3S/c1-6(13)12-4-2-3-8(12)9-11-7(5-16-9)10(14)15/h5,8H,2-4H2,1H3,(H,14,15). The summed E-state index contributed by atoms with van der Waals surface area (Å²) >= 11 is 1.31. The Kier molecular flexibility index (Phi) is 2.91. The molecule has 1 fully saturated rings. The van der Waals surface area contributed by atoms with E-state index in [0.717, 1.165) is 24.4 Å². The maximum absolute atomic E-state index is 11.4. The molecule has 1 aliphatic rings. The lowest BCUT2D eigenvalue weighted by molar-refractivity contribution is -0.129. The Morgan fingerprint density at radius 3 is 2.94 bits per heavy atom. The lowest BCUT2D eigenvalue weighted by Gasteiger charge is -2.20. The molecule has 1 atom stereocenters. The van der Waals surface area contributed by atoms with E-state index in [4.69, 9.17) is 5.11 Å². The van der Waals surface area contributed by atoms with Crippen molar-refractivity contribution in [1.82, 2.24) is 9.88 Å². The van der Waals surface area contributed by atoms with Crippen LogP contribution in [0.2, 0.25) is 0 Å². The summed E-state index contributed by atoms with van der Waals surface area (Å²) in [4.78, 5) is 27.9. The lowest BCUT2D eigenvalue weighted by atomic mass is 10.2. The van der Waals surface area contributed by atoms with Gasteiger partial charge >= 0.3 is 5.97 Å². The molecule has 16 heavy (non-hydrogen) atoms. The van der Waals surface area contributed by atoms with Crippen LogP contribution in [0.15, 0.2) is 5.38 Å². The summed E-state index contributed by atoms with van der Waals surface area (Å²) in [5.41, 5.74) is 0.0652. The number of carbonyl (C=O) groups excluding carboxylic acids is 1. The molecular weight excluding hydrogens is 228 g/mol. The van der Waals surface area contributed by atoms with Crippen LogP contribution < -0.4 is 0 Å². The molecule has 5 nitrogen and oxygen atoms in total. The second kappa shape index (κ2) is 4.21. The van der Waals surface area contributed by atoms with Gasteiger partial charge in [0.05, 0.1) is 6.04 Å². The summed E-state index contributed by atoms with van der Waals surface area (Å²) in [5, 5.41) is 11.0. The number of carbonyl (C=O) groups is 2. The number of amides is 1. The monoisotopic (exact) mass is 240 g/mol. The van der Waals surface area contributed by atoms with E-state index < -0.39 is 5.97 Å². The highest BCUT2D eigenvalue weighted by molar-refractivity contribution is 7.09. The van der Waals surface area contributed by atoms with Crippen LogP contribution in [0.1, 0.15) is 41.3 Å². The van der Waals surface area contributed by atoms with E-state index in [1.165, 1.54) is 23.6 Å². The van der Waals surface area contributed by atoms with Crippen LogP contribution >= 0.6 is 11.3 Å². The molecule has 86 valence electrons. The third kappa shape index (κ3) is 1.92. The summed E-state index contributed by atoms with van der Waals surface area (Å²) in [6.45, 7) is 2.27. The van der Waals surface area contributed by atoms with Gasteiger partial charge in [-0.05, 0) is 12.8 Å². The lowest BCUT2D eigenvalue weighted by Crippen LogP contribution is -2.28. The normalized spacial score (nSPS) is 20.1. The number of carboxylic acids is 1. The first-order valence-electron chi connectivity index (χ1n) is 5.05. The summed E-state index contributed by atoms with van der Waals surface area (Å²) < 4.78 is 0. The number of hydrogen-bond donors (Lipinski definition) is 1. The first-order valence-corrected chi connectivity index (χ1v) is 5.93. The van der Waals surface area contributed by atoms with Gasteiger partial charge < -0.3 is 10.0 Å². The van der Waals surface area contributed by atoms with Gasteiger partial charge in [-0.1, -0.05) is 0 Å². The predicted molar refractivity (Wildman–Crippen MR) is 58.4 cm³/mol. The number of carboxylic acid groups (broad SMARTS) is 1. The molecule has 6 heteroatoms. The van der Waals surface area contributed by atoms with Crippen LogP contribution in [0.3, 0.4) is 0 Å². The van der Waals surface area contributed by atoms with Crippen molar-refractivity contribution in [2.75, 3.05) is 6.54 Å². The van der Waals surface area contributed by atoms with Crippen molar-refractivity contribution < 1.29 is 14.7 Å². The molecular formula is C10H12N2O3S. The van der Waals surface area contributed by atoms with Gasteiger partial charge in [0.15, 0.2) is 5.69 Å². The number of hydrogen-bond acceptors (Lipinski definition) is 4. The molecule has 1 aromatic rings. The van der Waals surface area contributed by atoms with Gasteiger partial charge in [-0.25, -0.2) is 9.78 Å². The van der Waals surface area contributed by atoms with Crippen LogP contribution in [0.5, 0.6) is 0 Å². The summed E-state index contributed by atoms with van der Waals surface area (Å²) in [6, 6.07) is -0.0319. The first-order chi connectivity index (χ1) is 7.59. The highest BCUT2D eigenvalue weighted by Crippen LogP contribution is 2.33. The first kappa shape index (κ1) is 11.1. The zero-order valence-electron chi connectivity index (χ0n) is 8.84. The minimum atomic E-state index is -1.02. The smallest absolute Gasteiger partial charge is 0.355 e. The van der Waals surface area contributed by atoms with E-state index in [1.54, 1.807) is 4.90 Å². The van der Waals surface area contributed by atoms with Gasteiger partial charge in [0.2, 0.25) is 5.91 Å². The Hall–Kier alpha value is -1.43. The molecule has 1 unspecified atom stereocenters. The minimum absolute atomic E-state index is 0.0228. The van der Waals surface area contributed by atoms with E-state index in [0.29, 0.717) is 0 Å². The molecule has 1 N–H and O–H groups in total. The maximum atomic E-state index is 11.4. The highest BCUT2D eigenvalue weighted by Gasteiger charge is 2.30. The second-order valence-electron chi connectivity index (χ2n) is 3.75. The molecule has 2 rings (SSSR count). The van der Waals surface area contributed by atoms with E-state index in [2.05, 4.69) is 4.98 Å². The molecule has 2 heterocycles. The van der Waals surface area contributed by atoms with Gasteiger partial charge in [0, 0.05) is 18.8 Å². The van der Waals surface area contributed by atoms with Crippen molar-refractivity contribution in [3.05, 3.63) is 16.1 Å². The zero-order chi connectivity index (χ0) is 11.7. The largest absolute Gasteiger partial charge is 0.476 e. The van der Waals surface area contributed by atoms with E-state index in [-0.39, 0.29) is 17.6 Å². The molecule has 1 saturated heterocycles. The average molecular weight is 240 g/mol. The molecule has 0 aromatic carbocycles.